The molecule has 3 nitrogen and oxygen atoms in total. The molecule has 2 aromatic carbocycles. The molecule has 0 bridgehead atoms. The van der Waals surface area contributed by atoms with Gasteiger partial charge in [-0.15, -0.1) is 0 Å². The first-order valence-electron chi connectivity index (χ1n) is 8.16. The lowest BCUT2D eigenvalue weighted by atomic mass is 9.95. The molecule has 0 aliphatic carbocycles. The number of hydrogen-bond donors (Lipinski definition) is 1. The number of nitrogens with two attached hydrogens (primary N) is 1. The molecule has 0 radical (unpaired) electrons. The van der Waals surface area contributed by atoms with E-state index in [4.69, 9.17) is 10.5 Å². The van der Waals surface area contributed by atoms with Crippen LogP contribution in [0.4, 0.5) is 0 Å². The third kappa shape index (κ3) is 5.22. The van der Waals surface area contributed by atoms with Gasteiger partial charge in [0.1, 0.15) is 0 Å². The number of carbonyl (C=O) groups excluding carboxylic acids is 1. The smallest absolute Gasteiger partial charge is 0.308 e. The van der Waals surface area contributed by atoms with Crippen molar-refractivity contribution in [3.05, 3.63) is 60.2 Å². The lowest BCUT2D eigenvalue weighted by Crippen LogP contribution is -2.29. The van der Waals surface area contributed by atoms with Crippen LogP contribution in [0.3, 0.4) is 0 Å². The van der Waals surface area contributed by atoms with E-state index in [1.54, 1.807) is 0 Å². The molecule has 0 spiro atoms. The predicted octanol–water partition coefficient (Wildman–Crippen LogP) is 3.81. The number of benzene rings is 2. The minimum Gasteiger partial charge on any atom is -0.466 e. The molecule has 3 heteroatoms. The van der Waals surface area contributed by atoms with Crippen LogP contribution >= 0.6 is 0 Å². The first-order chi connectivity index (χ1) is 11.1. The van der Waals surface area contributed by atoms with E-state index in [0.29, 0.717) is 13.0 Å². The molecular formula is C20H25NO2. The Morgan fingerprint density at radius 3 is 2.26 bits per heavy atom. The third-order valence-corrected chi connectivity index (χ3v) is 3.90. The highest BCUT2D eigenvalue weighted by Crippen LogP contribution is 2.20. The number of carbonyl (C=O) groups is 1. The molecule has 0 heterocycles. The van der Waals surface area contributed by atoms with Gasteiger partial charge in [0, 0.05) is 6.04 Å². The van der Waals surface area contributed by atoms with Crippen LogP contribution in [0.5, 0.6) is 0 Å². The fourth-order valence-electron chi connectivity index (χ4n) is 2.68. The molecule has 0 aliphatic rings. The first kappa shape index (κ1) is 17.2. The van der Waals surface area contributed by atoms with Gasteiger partial charge in [0.05, 0.1) is 12.5 Å². The molecule has 0 saturated heterocycles. The van der Waals surface area contributed by atoms with Crippen molar-refractivity contribution in [1.29, 1.82) is 0 Å². The zero-order chi connectivity index (χ0) is 16.7. The molecule has 122 valence electrons. The summed E-state index contributed by atoms with van der Waals surface area (Å²) in [6.45, 7) is 4.11. The van der Waals surface area contributed by atoms with E-state index < -0.39 is 0 Å². The summed E-state index contributed by atoms with van der Waals surface area (Å²) < 4.78 is 5.02. The summed E-state index contributed by atoms with van der Waals surface area (Å²) in [5.41, 5.74) is 9.77. The summed E-state index contributed by atoms with van der Waals surface area (Å²) in [6.07, 6.45) is 1.40. The minimum atomic E-state index is -0.164. The van der Waals surface area contributed by atoms with E-state index in [1.807, 2.05) is 32.0 Å². The van der Waals surface area contributed by atoms with Crippen molar-refractivity contribution in [2.45, 2.75) is 32.7 Å². The number of ether oxygens (including phenoxy) is 1. The summed E-state index contributed by atoms with van der Waals surface area (Å²) in [4.78, 5) is 11.7. The fraction of sp³-hybridized carbons (Fsp3) is 0.350. The van der Waals surface area contributed by atoms with Gasteiger partial charge in [-0.1, -0.05) is 61.5 Å². The van der Waals surface area contributed by atoms with E-state index in [9.17, 15) is 4.79 Å². The quantitative estimate of drug-likeness (QED) is 0.791. The van der Waals surface area contributed by atoms with Crippen molar-refractivity contribution in [2.24, 2.45) is 11.7 Å². The number of hydrogen-bond acceptors (Lipinski definition) is 3. The number of esters is 1. The monoisotopic (exact) mass is 311 g/mol. The summed E-state index contributed by atoms with van der Waals surface area (Å²) in [5, 5.41) is 0. The van der Waals surface area contributed by atoms with E-state index in [1.165, 1.54) is 16.7 Å². The second kappa shape index (κ2) is 8.49. The highest BCUT2D eigenvalue weighted by atomic mass is 16.5. The lowest BCUT2D eigenvalue weighted by Gasteiger charge is -2.16. The molecule has 2 rings (SSSR count). The Morgan fingerprint density at radius 1 is 1.04 bits per heavy atom. The van der Waals surface area contributed by atoms with Crippen molar-refractivity contribution >= 4 is 5.97 Å². The van der Waals surface area contributed by atoms with Crippen LogP contribution in [-0.4, -0.2) is 18.6 Å². The third-order valence-electron chi connectivity index (χ3n) is 3.90. The van der Waals surface area contributed by atoms with Gasteiger partial charge in [-0.05, 0) is 36.5 Å². The normalized spacial score (nSPS) is 13.3. The molecule has 23 heavy (non-hydrogen) atoms. The van der Waals surface area contributed by atoms with Crippen LogP contribution < -0.4 is 5.73 Å². The maximum Gasteiger partial charge on any atom is 0.308 e. The second-order valence-corrected chi connectivity index (χ2v) is 5.92. The Kier molecular flexibility index (Phi) is 6.36. The molecule has 2 N–H and O–H groups in total. The van der Waals surface area contributed by atoms with Gasteiger partial charge in [-0.2, -0.15) is 0 Å². The highest BCUT2D eigenvalue weighted by molar-refractivity contribution is 5.72. The van der Waals surface area contributed by atoms with Crippen LogP contribution in [0, 0.1) is 5.92 Å². The van der Waals surface area contributed by atoms with Crippen molar-refractivity contribution < 1.29 is 9.53 Å². The Labute approximate surface area is 138 Å². The summed E-state index contributed by atoms with van der Waals surface area (Å²) in [7, 11) is 0. The minimum absolute atomic E-state index is 0.0445. The molecule has 2 aromatic rings. The lowest BCUT2D eigenvalue weighted by molar-refractivity contribution is -0.147. The maximum absolute atomic E-state index is 11.7. The number of rotatable bonds is 7. The zero-order valence-electron chi connectivity index (χ0n) is 13.9. The summed E-state index contributed by atoms with van der Waals surface area (Å²) in [6, 6.07) is 18.7. The van der Waals surface area contributed by atoms with Gasteiger partial charge >= 0.3 is 5.97 Å². The Bertz CT molecular complexity index is 607. The zero-order valence-corrected chi connectivity index (χ0v) is 13.9. The van der Waals surface area contributed by atoms with Crippen LogP contribution in [0.15, 0.2) is 54.6 Å². The van der Waals surface area contributed by atoms with Crippen LogP contribution in [0.1, 0.15) is 25.8 Å². The van der Waals surface area contributed by atoms with Gasteiger partial charge in [0.15, 0.2) is 0 Å². The van der Waals surface area contributed by atoms with Gasteiger partial charge < -0.3 is 10.5 Å². The molecule has 0 aromatic heterocycles. The van der Waals surface area contributed by atoms with Crippen molar-refractivity contribution in [3.8, 4) is 11.1 Å². The van der Waals surface area contributed by atoms with Crippen LogP contribution in [0.2, 0.25) is 0 Å². The summed E-state index contributed by atoms with van der Waals surface area (Å²) in [5.74, 6) is -0.323. The molecule has 0 aliphatic heterocycles. The van der Waals surface area contributed by atoms with E-state index in [-0.39, 0.29) is 17.9 Å². The van der Waals surface area contributed by atoms with E-state index >= 15 is 0 Å². The Hall–Kier alpha value is -2.13. The Balaban J connectivity index is 1.92. The molecule has 0 amide bonds. The Morgan fingerprint density at radius 2 is 1.65 bits per heavy atom. The van der Waals surface area contributed by atoms with Crippen LogP contribution in [-0.2, 0) is 16.0 Å². The molecule has 0 unspecified atom stereocenters. The van der Waals surface area contributed by atoms with Gasteiger partial charge in [0.25, 0.3) is 0 Å². The second-order valence-electron chi connectivity index (χ2n) is 5.92. The van der Waals surface area contributed by atoms with Crippen molar-refractivity contribution in [1.82, 2.24) is 0 Å². The fourth-order valence-corrected chi connectivity index (χ4v) is 2.68. The van der Waals surface area contributed by atoms with Crippen molar-refractivity contribution in [2.75, 3.05) is 6.61 Å². The molecular weight excluding hydrogens is 286 g/mol. The summed E-state index contributed by atoms with van der Waals surface area (Å²) >= 11 is 0. The first-order valence-corrected chi connectivity index (χ1v) is 8.16. The molecule has 0 saturated carbocycles. The predicted molar refractivity (Wildman–Crippen MR) is 94.0 cm³/mol. The SMILES string of the molecule is CCOC(=O)[C@@H](C)C[C@H](N)Cc1ccc(-c2ccccc2)cc1. The molecule has 2 atom stereocenters. The van der Waals surface area contributed by atoms with Gasteiger partial charge in [0.2, 0.25) is 0 Å². The average Bonchev–Trinajstić information content (AvgIpc) is 2.56. The maximum atomic E-state index is 11.7. The van der Waals surface area contributed by atoms with Gasteiger partial charge in [-0.3, -0.25) is 4.79 Å². The average molecular weight is 311 g/mol. The highest BCUT2D eigenvalue weighted by Gasteiger charge is 2.17. The van der Waals surface area contributed by atoms with E-state index in [0.717, 1.165) is 6.42 Å². The van der Waals surface area contributed by atoms with E-state index in [2.05, 4.69) is 36.4 Å². The van der Waals surface area contributed by atoms with Gasteiger partial charge in [-0.25, -0.2) is 0 Å². The topological polar surface area (TPSA) is 52.3 Å². The molecule has 0 fully saturated rings. The van der Waals surface area contributed by atoms with Crippen molar-refractivity contribution in [3.63, 3.8) is 0 Å². The largest absolute Gasteiger partial charge is 0.466 e. The standard InChI is InChI=1S/C20H25NO2/c1-3-23-20(22)15(2)13-19(21)14-16-9-11-18(12-10-16)17-7-5-4-6-8-17/h4-12,15,19H,3,13-14,21H2,1-2H3/t15-,19-/m0/s1. The van der Waals surface area contributed by atoms with Crippen LogP contribution in [0.25, 0.3) is 11.1 Å².